The number of hydrogen-bond acceptors (Lipinski definition) is 6. The molecule has 0 saturated carbocycles. The van der Waals surface area contributed by atoms with E-state index in [1.807, 2.05) is 0 Å². The number of amides is 3. The maximum Gasteiger partial charge on any atom is 0.430 e. The Morgan fingerprint density at radius 3 is 1.80 bits per heavy atom. The summed E-state index contributed by atoms with van der Waals surface area (Å²) in [7, 11) is -3.80. The summed E-state index contributed by atoms with van der Waals surface area (Å²) in [5.41, 5.74) is -8.76. The van der Waals surface area contributed by atoms with Crippen LogP contribution in [-0.2, 0) is 42.5 Å². The predicted molar refractivity (Wildman–Crippen MR) is 174 cm³/mol. The normalized spacial score (nSPS) is 18.8. The smallest absolute Gasteiger partial charge is 0.430 e. The fraction of sp³-hybridized carbons (Fsp3) is 0.429. The first-order valence-electron chi connectivity index (χ1n) is 16.4. The zero-order chi connectivity index (χ0) is 40.8. The number of piperazine rings is 1. The summed E-state index contributed by atoms with van der Waals surface area (Å²) >= 11 is 0. The molecule has 2 heterocycles. The second-order valence-electron chi connectivity index (χ2n) is 13.0. The summed E-state index contributed by atoms with van der Waals surface area (Å²) in [5.74, 6) is -1.71. The minimum atomic E-state index is -6.23. The number of methoxy groups -OCH3 is 1. The molecule has 55 heavy (non-hydrogen) atoms. The molecule has 1 unspecified atom stereocenters. The van der Waals surface area contributed by atoms with E-state index < -0.39 is 91.0 Å². The van der Waals surface area contributed by atoms with Gasteiger partial charge in [-0.2, -0.15) is 39.5 Å². The lowest BCUT2D eigenvalue weighted by atomic mass is 9.88. The van der Waals surface area contributed by atoms with E-state index in [4.69, 9.17) is 4.74 Å². The number of rotatable bonds is 8. The van der Waals surface area contributed by atoms with Gasteiger partial charge in [0.15, 0.2) is 9.84 Å². The molecule has 0 N–H and O–H groups in total. The van der Waals surface area contributed by atoms with E-state index in [1.54, 1.807) is 0 Å². The van der Waals surface area contributed by atoms with Gasteiger partial charge in [-0.25, -0.2) is 17.6 Å². The number of carbonyl (C=O) groups is 2. The third kappa shape index (κ3) is 7.66. The third-order valence-electron chi connectivity index (χ3n) is 9.81. The maximum absolute atomic E-state index is 14.7. The van der Waals surface area contributed by atoms with Gasteiger partial charge in [-0.1, -0.05) is 30.3 Å². The van der Waals surface area contributed by atoms with Gasteiger partial charge in [0, 0.05) is 57.3 Å². The standard InChI is InChI=1S/C35H33F10N3O6S/c1-22(49)46-15-17-47(18-16-46)30(50)48-14-13-31(21-48,55(51,52)28-11-9-27(36)10-12-28)24-5-7-25(8-6-24)32(34(40,41)42,35(43,44)45)54-20-23-3-4-26(33(37,38)39)19-29(23)53-2/h3-12,19H,13-18,20-21H2,1-2H3. The first-order chi connectivity index (χ1) is 25.5. The Bertz CT molecular complexity index is 1980. The van der Waals surface area contributed by atoms with Crippen molar-refractivity contribution in [3.05, 3.63) is 94.8 Å². The quantitative estimate of drug-likeness (QED) is 0.179. The van der Waals surface area contributed by atoms with Crippen molar-refractivity contribution < 1.29 is 71.4 Å². The van der Waals surface area contributed by atoms with E-state index in [1.165, 1.54) is 21.6 Å². The highest BCUT2D eigenvalue weighted by Crippen LogP contribution is 2.54. The number of likely N-dealkylation sites (tertiary alicyclic amines) is 1. The van der Waals surface area contributed by atoms with Crippen LogP contribution in [-0.4, -0.2) is 93.8 Å². The molecule has 20 heteroatoms. The lowest BCUT2D eigenvalue weighted by Crippen LogP contribution is -2.56. The van der Waals surface area contributed by atoms with Crippen molar-refractivity contribution in [3.8, 4) is 5.75 Å². The molecule has 0 spiro atoms. The molecule has 5 rings (SSSR count). The van der Waals surface area contributed by atoms with E-state index >= 15 is 0 Å². The van der Waals surface area contributed by atoms with E-state index in [0.29, 0.717) is 30.3 Å². The molecule has 0 aliphatic carbocycles. The number of sulfone groups is 1. The van der Waals surface area contributed by atoms with Gasteiger partial charge in [0.05, 0.1) is 24.2 Å². The Labute approximate surface area is 308 Å². The number of ether oxygens (including phenoxy) is 2. The second kappa shape index (κ2) is 14.8. The maximum atomic E-state index is 14.7. The number of hydrogen-bond donors (Lipinski definition) is 0. The fourth-order valence-electron chi connectivity index (χ4n) is 6.78. The molecule has 9 nitrogen and oxygen atoms in total. The van der Waals surface area contributed by atoms with E-state index in [2.05, 4.69) is 4.74 Å². The number of nitrogens with zero attached hydrogens (tertiary/aromatic N) is 3. The number of urea groups is 1. The van der Waals surface area contributed by atoms with Crippen molar-refractivity contribution in [2.24, 2.45) is 0 Å². The number of halogens is 10. The summed E-state index contributed by atoms with van der Waals surface area (Å²) in [4.78, 5) is 29.0. The van der Waals surface area contributed by atoms with Gasteiger partial charge in [-0.05, 0) is 48.4 Å². The monoisotopic (exact) mass is 813 g/mol. The summed E-state index contributed by atoms with van der Waals surface area (Å²) in [6.45, 7) is -0.358. The third-order valence-corrected chi connectivity index (χ3v) is 12.3. The van der Waals surface area contributed by atoms with Gasteiger partial charge >= 0.3 is 24.6 Å². The van der Waals surface area contributed by atoms with Gasteiger partial charge in [0.1, 0.15) is 16.3 Å². The molecule has 3 amide bonds. The van der Waals surface area contributed by atoms with Crippen LogP contribution in [0.15, 0.2) is 71.6 Å². The minimum absolute atomic E-state index is 0.108. The van der Waals surface area contributed by atoms with Crippen molar-refractivity contribution in [3.63, 3.8) is 0 Å². The van der Waals surface area contributed by atoms with Crippen molar-refractivity contribution in [2.45, 2.75) is 53.7 Å². The molecular formula is C35H33F10N3O6S. The van der Waals surface area contributed by atoms with Crippen LogP contribution in [0.4, 0.5) is 48.7 Å². The molecule has 3 aromatic rings. The zero-order valence-electron chi connectivity index (χ0n) is 29.0. The van der Waals surface area contributed by atoms with Crippen LogP contribution in [0.3, 0.4) is 0 Å². The molecule has 2 saturated heterocycles. The van der Waals surface area contributed by atoms with E-state index in [0.717, 1.165) is 43.5 Å². The zero-order valence-corrected chi connectivity index (χ0v) is 29.8. The van der Waals surface area contributed by atoms with Crippen molar-refractivity contribution in [2.75, 3.05) is 46.4 Å². The van der Waals surface area contributed by atoms with Gasteiger partial charge < -0.3 is 24.2 Å². The predicted octanol–water partition coefficient (Wildman–Crippen LogP) is 7.05. The topological polar surface area (TPSA) is 96.5 Å². The summed E-state index contributed by atoms with van der Waals surface area (Å²) in [6.07, 6.45) is -17.7. The molecule has 0 radical (unpaired) electrons. The molecule has 2 aliphatic heterocycles. The first-order valence-corrected chi connectivity index (χ1v) is 17.9. The summed E-state index contributed by atoms with van der Waals surface area (Å²) in [5, 5.41) is 0. The van der Waals surface area contributed by atoms with Crippen LogP contribution in [0, 0.1) is 5.82 Å². The van der Waals surface area contributed by atoms with Gasteiger partial charge in [-0.15, -0.1) is 0 Å². The summed E-state index contributed by atoms with van der Waals surface area (Å²) < 4.78 is 178. The number of alkyl halides is 9. The van der Waals surface area contributed by atoms with Gasteiger partial charge in [0.2, 0.25) is 5.91 Å². The van der Waals surface area contributed by atoms with Crippen molar-refractivity contribution in [1.82, 2.24) is 14.7 Å². The molecular weight excluding hydrogens is 780 g/mol. The highest BCUT2D eigenvalue weighted by Gasteiger charge is 2.73. The molecule has 0 aromatic heterocycles. The van der Waals surface area contributed by atoms with E-state index in [9.17, 15) is 61.9 Å². The largest absolute Gasteiger partial charge is 0.496 e. The fourth-order valence-corrected chi connectivity index (χ4v) is 8.85. The minimum Gasteiger partial charge on any atom is -0.496 e. The van der Waals surface area contributed by atoms with Crippen LogP contribution in [0.1, 0.15) is 35.6 Å². The van der Waals surface area contributed by atoms with Crippen molar-refractivity contribution >= 4 is 21.8 Å². The second-order valence-corrected chi connectivity index (χ2v) is 15.2. The van der Waals surface area contributed by atoms with Crippen LogP contribution < -0.4 is 4.74 Å². The Morgan fingerprint density at radius 2 is 1.29 bits per heavy atom. The van der Waals surface area contributed by atoms with E-state index in [-0.39, 0.29) is 50.6 Å². The molecule has 300 valence electrons. The lowest BCUT2D eigenvalue weighted by Gasteiger charge is -2.38. The Hall–Kier alpha value is -4.59. The van der Waals surface area contributed by atoms with Gasteiger partial charge in [-0.3, -0.25) is 4.79 Å². The van der Waals surface area contributed by atoms with Crippen LogP contribution in [0.25, 0.3) is 0 Å². The lowest BCUT2D eigenvalue weighted by molar-refractivity contribution is -0.392. The number of carbonyl (C=O) groups excluding carboxylic acids is 2. The summed E-state index contributed by atoms with van der Waals surface area (Å²) in [6, 6.07) is 6.64. The SMILES string of the molecule is COc1cc(C(F)(F)F)ccc1COC(c1ccc(C2(S(=O)(=O)c3ccc(F)cc3)CCN(C(=O)N3CCN(C(C)=O)CC3)C2)cc1)(C(F)(F)F)C(F)(F)F. The molecule has 0 bridgehead atoms. The highest BCUT2D eigenvalue weighted by molar-refractivity contribution is 7.92. The van der Waals surface area contributed by atoms with Crippen LogP contribution in [0.5, 0.6) is 5.75 Å². The molecule has 3 aromatic carbocycles. The average molecular weight is 814 g/mol. The average Bonchev–Trinajstić information content (AvgIpc) is 3.58. The molecule has 2 fully saturated rings. The molecule has 1 atom stereocenters. The highest BCUT2D eigenvalue weighted by atomic mass is 32.2. The molecule has 2 aliphatic rings. The number of benzene rings is 3. The Kier molecular flexibility index (Phi) is 11.2. The Morgan fingerprint density at radius 1 is 0.745 bits per heavy atom. The van der Waals surface area contributed by atoms with Gasteiger partial charge in [0.25, 0.3) is 5.60 Å². The first kappa shape index (κ1) is 41.6. The Balaban J connectivity index is 1.55. The van der Waals surface area contributed by atoms with Crippen LogP contribution >= 0.6 is 0 Å². The van der Waals surface area contributed by atoms with Crippen molar-refractivity contribution in [1.29, 1.82) is 0 Å². The van der Waals surface area contributed by atoms with Crippen LogP contribution in [0.2, 0.25) is 0 Å².